The van der Waals surface area contributed by atoms with Gasteiger partial charge in [-0.25, -0.2) is 0 Å². The first-order valence-electron chi connectivity index (χ1n) is 4.79. The van der Waals surface area contributed by atoms with Crippen LogP contribution in [-0.2, 0) is 4.79 Å². The van der Waals surface area contributed by atoms with Gasteiger partial charge in [0.1, 0.15) is 6.04 Å². The average Bonchev–Trinajstić information content (AvgIpc) is 1.79. The van der Waals surface area contributed by atoms with Crippen LogP contribution in [0.15, 0.2) is 0 Å². The van der Waals surface area contributed by atoms with E-state index < -0.39 is 5.97 Å². The number of rotatable bonds is 2. The largest absolute Gasteiger partial charge is 0.480 e. The first kappa shape index (κ1) is 10.5. The van der Waals surface area contributed by atoms with E-state index in [1.165, 1.54) is 0 Å². The fourth-order valence-corrected chi connectivity index (χ4v) is 1.53. The van der Waals surface area contributed by atoms with E-state index in [1.54, 1.807) is 6.92 Å². The lowest BCUT2D eigenvalue weighted by molar-refractivity contribution is -0.146. The molecule has 1 heterocycles. The van der Waals surface area contributed by atoms with Crippen LogP contribution in [0.2, 0.25) is 0 Å². The molecule has 3 nitrogen and oxygen atoms in total. The molecular formula is C10H19NO2. The van der Waals surface area contributed by atoms with E-state index in [1.807, 2.05) is 4.90 Å². The van der Waals surface area contributed by atoms with E-state index in [2.05, 4.69) is 20.8 Å². The van der Waals surface area contributed by atoms with Gasteiger partial charge in [-0.05, 0) is 18.3 Å². The van der Waals surface area contributed by atoms with Crippen molar-refractivity contribution in [2.24, 2.45) is 11.3 Å². The Morgan fingerprint density at radius 3 is 2.23 bits per heavy atom. The van der Waals surface area contributed by atoms with E-state index in [-0.39, 0.29) is 6.04 Å². The number of carboxylic acid groups (broad SMARTS) is 1. The summed E-state index contributed by atoms with van der Waals surface area (Å²) in [5.74, 6) is -0.0679. The summed E-state index contributed by atoms with van der Waals surface area (Å²) in [7, 11) is 0. The van der Waals surface area contributed by atoms with Crippen LogP contribution >= 0.6 is 0 Å². The van der Waals surface area contributed by atoms with Gasteiger partial charge < -0.3 is 5.11 Å². The normalized spacial score (nSPS) is 22.5. The standard InChI is InChI=1S/C10H19NO2/c1-7(9(12)13)11-5-8(6-11)10(2,3)4/h7-8H,5-6H2,1-4H3,(H,12,13). The molecule has 1 atom stereocenters. The van der Waals surface area contributed by atoms with Gasteiger partial charge in [0.15, 0.2) is 0 Å². The van der Waals surface area contributed by atoms with Gasteiger partial charge in [-0.1, -0.05) is 20.8 Å². The van der Waals surface area contributed by atoms with E-state index in [0.717, 1.165) is 13.1 Å². The average molecular weight is 185 g/mol. The van der Waals surface area contributed by atoms with Crippen molar-refractivity contribution >= 4 is 5.97 Å². The maximum Gasteiger partial charge on any atom is 0.320 e. The molecule has 1 fully saturated rings. The summed E-state index contributed by atoms with van der Waals surface area (Å²) >= 11 is 0. The third-order valence-corrected chi connectivity index (χ3v) is 3.04. The molecule has 1 unspecified atom stereocenters. The summed E-state index contributed by atoms with van der Waals surface area (Å²) in [5.41, 5.74) is 0.314. The van der Waals surface area contributed by atoms with E-state index in [4.69, 9.17) is 5.11 Å². The lowest BCUT2D eigenvalue weighted by Crippen LogP contribution is -2.57. The molecule has 0 bridgehead atoms. The molecule has 3 heteroatoms. The van der Waals surface area contributed by atoms with Crippen molar-refractivity contribution in [1.29, 1.82) is 0 Å². The summed E-state index contributed by atoms with van der Waals surface area (Å²) < 4.78 is 0. The second kappa shape index (κ2) is 3.29. The third-order valence-electron chi connectivity index (χ3n) is 3.04. The smallest absolute Gasteiger partial charge is 0.320 e. The van der Waals surface area contributed by atoms with Crippen LogP contribution in [0.4, 0.5) is 0 Å². The third kappa shape index (κ3) is 2.21. The monoisotopic (exact) mass is 185 g/mol. The van der Waals surface area contributed by atoms with Crippen molar-refractivity contribution in [1.82, 2.24) is 4.90 Å². The topological polar surface area (TPSA) is 40.5 Å². The highest BCUT2D eigenvalue weighted by atomic mass is 16.4. The maximum atomic E-state index is 10.6. The number of hydrogen-bond acceptors (Lipinski definition) is 2. The Balaban J connectivity index is 2.38. The second-order valence-corrected chi connectivity index (χ2v) is 5.03. The maximum absolute atomic E-state index is 10.6. The van der Waals surface area contributed by atoms with Crippen LogP contribution < -0.4 is 0 Å². The summed E-state index contributed by atoms with van der Waals surface area (Å²) in [4.78, 5) is 12.7. The number of aliphatic carboxylic acids is 1. The molecule has 1 saturated heterocycles. The zero-order chi connectivity index (χ0) is 10.2. The van der Waals surface area contributed by atoms with Crippen molar-refractivity contribution in [3.8, 4) is 0 Å². The van der Waals surface area contributed by atoms with Gasteiger partial charge in [-0.15, -0.1) is 0 Å². The summed E-state index contributed by atoms with van der Waals surface area (Å²) in [6.07, 6.45) is 0. The van der Waals surface area contributed by atoms with Crippen molar-refractivity contribution in [3.63, 3.8) is 0 Å². The van der Waals surface area contributed by atoms with E-state index in [0.29, 0.717) is 11.3 Å². The van der Waals surface area contributed by atoms with Crippen LogP contribution in [-0.4, -0.2) is 35.1 Å². The van der Waals surface area contributed by atoms with Gasteiger partial charge in [0, 0.05) is 13.1 Å². The molecule has 0 saturated carbocycles. The van der Waals surface area contributed by atoms with Crippen molar-refractivity contribution in [2.75, 3.05) is 13.1 Å². The molecule has 1 rings (SSSR count). The Bertz CT molecular complexity index is 201. The van der Waals surface area contributed by atoms with Crippen LogP contribution in [0.3, 0.4) is 0 Å². The Hall–Kier alpha value is -0.570. The minimum Gasteiger partial charge on any atom is -0.480 e. The van der Waals surface area contributed by atoms with Crippen molar-refractivity contribution in [2.45, 2.75) is 33.7 Å². The zero-order valence-electron chi connectivity index (χ0n) is 8.87. The quantitative estimate of drug-likeness (QED) is 0.707. The number of hydrogen-bond donors (Lipinski definition) is 1. The van der Waals surface area contributed by atoms with E-state index in [9.17, 15) is 4.79 Å². The predicted molar refractivity (Wildman–Crippen MR) is 51.6 cm³/mol. The fourth-order valence-electron chi connectivity index (χ4n) is 1.53. The molecule has 0 aromatic carbocycles. The summed E-state index contributed by atoms with van der Waals surface area (Å²) in [6.45, 7) is 10.2. The molecule has 0 amide bonds. The van der Waals surface area contributed by atoms with Gasteiger partial charge in [-0.3, -0.25) is 9.69 Å². The lowest BCUT2D eigenvalue weighted by Gasteiger charge is -2.47. The highest BCUT2D eigenvalue weighted by Gasteiger charge is 2.39. The van der Waals surface area contributed by atoms with Gasteiger partial charge in [0.2, 0.25) is 0 Å². The molecule has 0 aromatic rings. The fraction of sp³-hybridized carbons (Fsp3) is 0.900. The zero-order valence-corrected chi connectivity index (χ0v) is 8.87. The summed E-state index contributed by atoms with van der Waals surface area (Å²) in [5, 5.41) is 8.76. The van der Waals surface area contributed by atoms with Crippen LogP contribution in [0, 0.1) is 11.3 Å². The molecule has 0 aliphatic carbocycles. The van der Waals surface area contributed by atoms with Gasteiger partial charge >= 0.3 is 5.97 Å². The van der Waals surface area contributed by atoms with Gasteiger partial charge in [0.05, 0.1) is 0 Å². The highest BCUT2D eigenvalue weighted by Crippen LogP contribution is 2.34. The van der Waals surface area contributed by atoms with Crippen molar-refractivity contribution in [3.05, 3.63) is 0 Å². The number of likely N-dealkylation sites (tertiary alicyclic amines) is 1. The number of nitrogens with zero attached hydrogens (tertiary/aromatic N) is 1. The first-order chi connectivity index (χ1) is 5.82. The first-order valence-corrected chi connectivity index (χ1v) is 4.79. The minimum absolute atomic E-state index is 0.314. The molecule has 1 N–H and O–H groups in total. The van der Waals surface area contributed by atoms with Gasteiger partial charge in [-0.2, -0.15) is 0 Å². The number of carboxylic acids is 1. The molecular weight excluding hydrogens is 166 g/mol. The molecule has 0 aromatic heterocycles. The molecule has 0 radical (unpaired) electrons. The van der Waals surface area contributed by atoms with Crippen LogP contribution in [0.5, 0.6) is 0 Å². The molecule has 76 valence electrons. The Morgan fingerprint density at radius 1 is 1.46 bits per heavy atom. The Kier molecular flexibility index (Phi) is 2.66. The van der Waals surface area contributed by atoms with Crippen LogP contribution in [0.1, 0.15) is 27.7 Å². The Morgan fingerprint density at radius 2 is 1.92 bits per heavy atom. The molecule has 1 aliphatic heterocycles. The highest BCUT2D eigenvalue weighted by molar-refractivity contribution is 5.73. The molecule has 1 aliphatic rings. The minimum atomic E-state index is -0.715. The van der Waals surface area contributed by atoms with Gasteiger partial charge in [0.25, 0.3) is 0 Å². The summed E-state index contributed by atoms with van der Waals surface area (Å²) in [6, 6.07) is -0.321. The van der Waals surface area contributed by atoms with Crippen LogP contribution in [0.25, 0.3) is 0 Å². The van der Waals surface area contributed by atoms with Crippen molar-refractivity contribution < 1.29 is 9.90 Å². The number of carbonyl (C=O) groups is 1. The molecule has 0 spiro atoms. The SMILES string of the molecule is CC(C(=O)O)N1CC(C(C)(C)C)C1. The molecule has 13 heavy (non-hydrogen) atoms. The van der Waals surface area contributed by atoms with E-state index >= 15 is 0 Å². The second-order valence-electron chi connectivity index (χ2n) is 5.03. The predicted octanol–water partition coefficient (Wildman–Crippen LogP) is 1.44. The lowest BCUT2D eigenvalue weighted by atomic mass is 9.75. The Labute approximate surface area is 79.7 Å².